The summed E-state index contributed by atoms with van der Waals surface area (Å²) in [5.74, 6) is -0.0650. The smallest absolute Gasteiger partial charge is 0.337 e. The number of rotatable bonds is 4. The van der Waals surface area contributed by atoms with Crippen LogP contribution in [0.4, 0.5) is 0 Å². The van der Waals surface area contributed by atoms with Crippen LogP contribution in [0, 0.1) is 5.41 Å². The number of hydrogen-bond donors (Lipinski definition) is 2. The van der Waals surface area contributed by atoms with Crippen molar-refractivity contribution >= 4 is 30.1 Å². The van der Waals surface area contributed by atoms with E-state index in [0.29, 0.717) is 12.1 Å². The molecule has 0 aromatic carbocycles. The van der Waals surface area contributed by atoms with Crippen molar-refractivity contribution in [2.75, 3.05) is 7.05 Å². The molecule has 0 saturated heterocycles. The van der Waals surface area contributed by atoms with Crippen LogP contribution in [-0.4, -0.2) is 22.4 Å². The molecule has 0 bridgehead atoms. The summed E-state index contributed by atoms with van der Waals surface area (Å²) in [5, 5.41) is 9.75. The Hall–Kier alpha value is -1.24. The molecule has 124 valence electrons. The van der Waals surface area contributed by atoms with Crippen molar-refractivity contribution in [1.82, 2.24) is 4.31 Å². The Kier molecular flexibility index (Phi) is 4.33. The predicted molar refractivity (Wildman–Crippen MR) is 95.2 cm³/mol. The van der Waals surface area contributed by atoms with Gasteiger partial charge in [0.1, 0.15) is 5.76 Å². The van der Waals surface area contributed by atoms with Gasteiger partial charge in [-0.2, -0.15) is 0 Å². The molecule has 3 rings (SSSR count). The lowest BCUT2D eigenvalue weighted by Crippen LogP contribution is -2.22. The highest BCUT2D eigenvalue weighted by Gasteiger charge is 2.33. The Morgan fingerprint density at radius 2 is 2.26 bits per heavy atom. The lowest BCUT2D eigenvalue weighted by atomic mass is 9.76. The maximum absolute atomic E-state index is 11.9. The highest BCUT2D eigenvalue weighted by molar-refractivity contribution is 7.77. The van der Waals surface area contributed by atoms with Crippen LogP contribution in [0.5, 0.6) is 0 Å². The molecule has 2 aromatic rings. The molecule has 0 fully saturated rings. The molecule has 0 unspecified atom stereocenters. The summed E-state index contributed by atoms with van der Waals surface area (Å²) in [6, 6.07) is 1.92. The first-order valence-electron chi connectivity index (χ1n) is 7.62. The third kappa shape index (κ3) is 3.34. The number of carboxylic acids is 1. The van der Waals surface area contributed by atoms with Crippen molar-refractivity contribution in [2.45, 2.75) is 39.7 Å². The van der Waals surface area contributed by atoms with E-state index in [4.69, 9.17) is 4.42 Å². The van der Waals surface area contributed by atoms with Gasteiger partial charge in [-0.1, -0.05) is 26.7 Å². The van der Waals surface area contributed by atoms with E-state index in [-0.39, 0.29) is 5.41 Å². The number of carboxylic acid groups (broad SMARTS) is 1. The van der Waals surface area contributed by atoms with Gasteiger partial charge in [0.2, 0.25) is 0 Å². The van der Waals surface area contributed by atoms with E-state index >= 15 is 0 Å². The molecule has 1 aliphatic rings. The van der Waals surface area contributed by atoms with Crippen LogP contribution in [0.3, 0.4) is 0 Å². The molecule has 0 radical (unpaired) electrons. The first kappa shape index (κ1) is 16.6. The van der Waals surface area contributed by atoms with E-state index in [2.05, 4.69) is 26.7 Å². The normalized spacial score (nSPS) is 16.6. The Bertz CT molecular complexity index is 743. The Morgan fingerprint density at radius 3 is 2.91 bits per heavy atom. The number of fused-ring (bicyclic) bond motifs is 1. The molecular weight excluding hydrogens is 330 g/mol. The summed E-state index contributed by atoms with van der Waals surface area (Å²) in [6.07, 6.45) is 4.53. The fourth-order valence-electron chi connectivity index (χ4n) is 3.16. The zero-order valence-corrected chi connectivity index (χ0v) is 15.3. The number of hydrogen-bond acceptors (Lipinski definition) is 5. The minimum atomic E-state index is -0.843. The van der Waals surface area contributed by atoms with Crippen LogP contribution < -0.4 is 0 Å². The number of furan rings is 1. The number of nitrogens with zero attached hydrogens (tertiary/aromatic N) is 1. The van der Waals surface area contributed by atoms with Gasteiger partial charge in [-0.15, -0.1) is 11.3 Å². The van der Waals surface area contributed by atoms with Crippen LogP contribution in [-0.2, 0) is 19.4 Å². The lowest BCUT2D eigenvalue weighted by molar-refractivity contribution is 0.0696. The third-order valence-electron chi connectivity index (χ3n) is 4.29. The fourth-order valence-corrected chi connectivity index (χ4v) is 4.58. The zero-order chi connectivity index (χ0) is 16.8. The molecule has 0 saturated carbocycles. The summed E-state index contributed by atoms with van der Waals surface area (Å²) in [5.41, 5.74) is 2.49. The van der Waals surface area contributed by atoms with Crippen molar-refractivity contribution in [3.8, 4) is 10.4 Å². The number of thiol groups is 1. The van der Waals surface area contributed by atoms with Gasteiger partial charge in [0.05, 0.1) is 23.2 Å². The number of aromatic carboxylic acids is 1. The highest BCUT2D eigenvalue weighted by atomic mass is 32.1. The van der Waals surface area contributed by atoms with Crippen LogP contribution >= 0.6 is 24.2 Å². The Morgan fingerprint density at radius 1 is 1.52 bits per heavy atom. The molecule has 0 amide bonds. The third-order valence-corrected chi connectivity index (χ3v) is 5.77. The maximum atomic E-state index is 11.9. The second-order valence-corrected chi connectivity index (χ2v) is 8.76. The number of carbonyl (C=O) groups is 1. The standard InChI is InChI=1S/C17H21NO3S2/c1-17(2)5-4-13-12(7-17)14(16(19)20)15(23-13)10-6-11(21-9-10)8-18(3)22/h6,9,22H,4-5,7-8H2,1-3H3,(H,19,20). The minimum Gasteiger partial charge on any atom is -0.478 e. The molecule has 1 aliphatic carbocycles. The quantitative estimate of drug-likeness (QED) is 0.797. The SMILES string of the molecule is CN(S)Cc1cc(-c2sc3c(c2C(=O)O)CC(C)(C)CC3)co1. The Labute approximate surface area is 145 Å². The first-order chi connectivity index (χ1) is 10.8. The van der Waals surface area contributed by atoms with Crippen molar-refractivity contribution in [2.24, 2.45) is 5.41 Å². The van der Waals surface area contributed by atoms with Crippen LogP contribution in [0.2, 0.25) is 0 Å². The predicted octanol–water partition coefficient (Wildman–Crippen LogP) is 4.50. The molecule has 1 N–H and O–H groups in total. The van der Waals surface area contributed by atoms with Gasteiger partial charge >= 0.3 is 5.97 Å². The Balaban J connectivity index is 2.05. The maximum Gasteiger partial charge on any atom is 0.337 e. The van der Waals surface area contributed by atoms with E-state index < -0.39 is 5.97 Å². The molecular formula is C17H21NO3S2. The molecule has 0 spiro atoms. The largest absolute Gasteiger partial charge is 0.478 e. The molecule has 0 aliphatic heterocycles. The molecule has 4 nitrogen and oxygen atoms in total. The average Bonchev–Trinajstić information content (AvgIpc) is 3.00. The second kappa shape index (κ2) is 6.00. The average molecular weight is 351 g/mol. The van der Waals surface area contributed by atoms with Gasteiger partial charge in [0.25, 0.3) is 0 Å². The monoisotopic (exact) mass is 351 g/mol. The molecule has 2 aromatic heterocycles. The second-order valence-electron chi connectivity index (χ2n) is 6.97. The van der Waals surface area contributed by atoms with Gasteiger partial charge in [0, 0.05) is 10.4 Å². The zero-order valence-electron chi connectivity index (χ0n) is 13.5. The van der Waals surface area contributed by atoms with Crippen LogP contribution in [0.25, 0.3) is 10.4 Å². The summed E-state index contributed by atoms with van der Waals surface area (Å²) < 4.78 is 7.29. The van der Waals surface area contributed by atoms with E-state index in [1.165, 1.54) is 4.88 Å². The van der Waals surface area contributed by atoms with E-state index in [9.17, 15) is 9.90 Å². The summed E-state index contributed by atoms with van der Waals surface area (Å²) in [6.45, 7) is 4.98. The van der Waals surface area contributed by atoms with Gasteiger partial charge < -0.3 is 9.52 Å². The van der Waals surface area contributed by atoms with Crippen molar-refractivity contribution in [3.05, 3.63) is 34.1 Å². The summed E-state index contributed by atoms with van der Waals surface area (Å²) in [7, 11) is 1.85. The highest BCUT2D eigenvalue weighted by Crippen LogP contribution is 2.45. The van der Waals surface area contributed by atoms with Crippen LogP contribution in [0.15, 0.2) is 16.7 Å². The molecule has 23 heavy (non-hydrogen) atoms. The van der Waals surface area contributed by atoms with Gasteiger partial charge in [-0.05, 0) is 43.4 Å². The summed E-state index contributed by atoms with van der Waals surface area (Å²) in [4.78, 5) is 13.9. The van der Waals surface area contributed by atoms with Crippen molar-refractivity contribution in [3.63, 3.8) is 0 Å². The number of aryl methyl sites for hydroxylation is 1. The van der Waals surface area contributed by atoms with Crippen molar-refractivity contribution in [1.29, 1.82) is 0 Å². The van der Waals surface area contributed by atoms with E-state index in [0.717, 1.165) is 41.0 Å². The van der Waals surface area contributed by atoms with Gasteiger partial charge in [-0.25, -0.2) is 9.10 Å². The minimum absolute atomic E-state index is 0.159. The summed E-state index contributed by atoms with van der Waals surface area (Å²) >= 11 is 5.82. The fraction of sp³-hybridized carbons (Fsp3) is 0.471. The van der Waals surface area contributed by atoms with E-state index in [1.54, 1.807) is 21.9 Å². The van der Waals surface area contributed by atoms with Gasteiger partial charge in [0.15, 0.2) is 0 Å². The van der Waals surface area contributed by atoms with Crippen molar-refractivity contribution < 1.29 is 14.3 Å². The van der Waals surface area contributed by atoms with Crippen LogP contribution in [0.1, 0.15) is 46.8 Å². The topological polar surface area (TPSA) is 53.7 Å². The molecule has 0 atom stereocenters. The lowest BCUT2D eigenvalue weighted by Gasteiger charge is -2.29. The molecule has 6 heteroatoms. The molecule has 2 heterocycles. The van der Waals surface area contributed by atoms with Gasteiger partial charge in [-0.3, -0.25) is 0 Å². The van der Waals surface area contributed by atoms with E-state index in [1.807, 2.05) is 13.1 Å². The number of thiophene rings is 1. The first-order valence-corrected chi connectivity index (χ1v) is 8.84.